The minimum atomic E-state index is -4.65. The third kappa shape index (κ3) is 9.64. The van der Waals surface area contributed by atoms with Crippen LogP contribution in [0.4, 0.5) is 5.82 Å². The van der Waals surface area contributed by atoms with Gasteiger partial charge in [-0.1, -0.05) is 45.9 Å². The van der Waals surface area contributed by atoms with Gasteiger partial charge in [0.05, 0.1) is 18.9 Å². The summed E-state index contributed by atoms with van der Waals surface area (Å²) in [4.78, 5) is 44.3. The fourth-order valence-corrected chi connectivity index (χ4v) is 7.45. The Morgan fingerprint density at radius 2 is 1.62 bits per heavy atom. The Bertz CT molecular complexity index is 1940. The number of carbonyl (C=O) groups is 3. The average molecular weight is 801 g/mol. The molecule has 8 atom stereocenters. The number of nitrogens with one attached hydrogen (secondary N) is 1. The van der Waals surface area contributed by atoms with Gasteiger partial charge in [-0.15, -0.1) is 0 Å². The number of para-hydroxylation sites is 1. The van der Waals surface area contributed by atoms with Gasteiger partial charge in [0, 0.05) is 12.8 Å². The van der Waals surface area contributed by atoms with Crippen LogP contribution in [-0.4, -0.2) is 94.4 Å². The van der Waals surface area contributed by atoms with Crippen molar-refractivity contribution in [3.8, 4) is 11.8 Å². The highest BCUT2D eigenvalue weighted by Crippen LogP contribution is 2.50. The van der Waals surface area contributed by atoms with Crippen molar-refractivity contribution in [1.82, 2.24) is 19.7 Å². The third-order valence-corrected chi connectivity index (χ3v) is 11.1. The molecular formula is C36H49N8O11P. The molecular weight excluding hydrogens is 751 g/mol. The molecule has 2 saturated heterocycles. The van der Waals surface area contributed by atoms with E-state index in [2.05, 4.69) is 15.2 Å². The molecule has 2 aliphatic heterocycles. The largest absolute Gasteiger partial charge is 0.461 e. The summed E-state index contributed by atoms with van der Waals surface area (Å²) in [6.45, 7) is 8.10. The summed E-state index contributed by atoms with van der Waals surface area (Å²) in [5.74, 6) is -3.19. The summed E-state index contributed by atoms with van der Waals surface area (Å²) in [6.07, 6.45) is -3.01. The van der Waals surface area contributed by atoms with E-state index in [1.807, 2.05) is 6.07 Å². The quantitative estimate of drug-likeness (QED) is 0.0919. The molecule has 0 aliphatic carbocycles. The lowest BCUT2D eigenvalue weighted by molar-refractivity contribution is -0.172. The monoisotopic (exact) mass is 800 g/mol. The second-order valence-corrected chi connectivity index (χ2v) is 16.0. The number of carbonyl (C=O) groups excluding carboxylic acids is 3. The number of nitriles is 1. The molecule has 2 aliphatic rings. The van der Waals surface area contributed by atoms with E-state index in [1.54, 1.807) is 58.0 Å². The maximum Gasteiger partial charge on any atom is 0.459 e. The van der Waals surface area contributed by atoms with Crippen LogP contribution in [-0.2, 0) is 47.2 Å². The molecule has 0 saturated carbocycles. The number of ether oxygens (including phenoxy) is 5. The number of fused-ring (bicyclic) bond motifs is 1. The standard InChI is InChI=1S/C36H49N8O11P/c1-20(2)27(38)34(46)52-30-29(25-11-12-26-32(40)41-19-42-44(25)26)54-36(17-37,31(30)53-35(47)28(39)21(3)4)18-50-56(48,55-24-9-7-6-8-10-24)43-22(5)33(45)51-23-13-15-49-16-14-23/h6-12,19-23,27-31H,13-16,18,38-39H2,1-5H3,(H,43,48)(H2,40,41,42)/t22-,27?,28-,29-,30-,31-,36+,56?/m0/s1. The Labute approximate surface area is 324 Å². The number of nitrogen functional groups attached to an aromatic ring is 1. The lowest BCUT2D eigenvalue weighted by atomic mass is 9.95. The van der Waals surface area contributed by atoms with E-state index in [4.69, 9.17) is 49.9 Å². The molecule has 2 fully saturated rings. The zero-order valence-electron chi connectivity index (χ0n) is 31.8. The molecule has 7 N–H and O–H groups in total. The van der Waals surface area contributed by atoms with Gasteiger partial charge in [0.2, 0.25) is 5.60 Å². The SMILES string of the molecule is CC(C)C(N)C(=O)O[C@H]1[C@H](c2ccc3c(N)ncnn23)O[C@](C#N)(COP(=O)(N[C@@H](C)C(=O)OC2CCOCC2)Oc2ccccc2)[C@H]1OC(=O)[C@@H](N)C(C)C. The smallest absolute Gasteiger partial charge is 0.459 e. The van der Waals surface area contributed by atoms with Gasteiger partial charge < -0.3 is 45.4 Å². The Kier molecular flexibility index (Phi) is 13.7. The number of hydrogen-bond donors (Lipinski definition) is 4. The van der Waals surface area contributed by atoms with Gasteiger partial charge in [-0.25, -0.2) is 14.1 Å². The average Bonchev–Trinajstić information content (AvgIpc) is 3.74. The number of benzene rings is 1. The normalized spacial score (nSPS) is 24.2. The zero-order chi connectivity index (χ0) is 40.8. The zero-order valence-corrected chi connectivity index (χ0v) is 32.7. The molecule has 1 aromatic carbocycles. The molecule has 0 amide bonds. The Balaban J connectivity index is 1.55. The highest BCUT2D eigenvalue weighted by atomic mass is 31.2. The number of rotatable bonds is 16. The van der Waals surface area contributed by atoms with Gasteiger partial charge in [0.25, 0.3) is 0 Å². The van der Waals surface area contributed by atoms with Crippen LogP contribution in [0.5, 0.6) is 5.75 Å². The fourth-order valence-electron chi connectivity index (χ4n) is 5.93. The Hall–Kier alpha value is -4.67. The minimum Gasteiger partial charge on any atom is -0.461 e. The van der Waals surface area contributed by atoms with Crippen molar-refractivity contribution in [2.75, 3.05) is 25.6 Å². The molecule has 4 heterocycles. The first kappa shape index (κ1) is 42.5. The molecule has 5 rings (SSSR count). The van der Waals surface area contributed by atoms with Crippen molar-refractivity contribution >= 4 is 37.0 Å². The van der Waals surface area contributed by atoms with Crippen molar-refractivity contribution in [2.24, 2.45) is 23.3 Å². The first-order chi connectivity index (χ1) is 26.6. The molecule has 19 nitrogen and oxygen atoms in total. The minimum absolute atomic E-state index is 0.0850. The Morgan fingerprint density at radius 1 is 0.982 bits per heavy atom. The van der Waals surface area contributed by atoms with Crippen LogP contribution >= 0.6 is 7.75 Å². The van der Waals surface area contributed by atoms with Crippen LogP contribution in [0.15, 0.2) is 48.8 Å². The number of nitrogens with two attached hydrogens (primary N) is 3. The number of esters is 3. The van der Waals surface area contributed by atoms with Crippen molar-refractivity contribution in [3.63, 3.8) is 0 Å². The summed E-state index contributed by atoms with van der Waals surface area (Å²) < 4.78 is 57.1. The van der Waals surface area contributed by atoms with Crippen molar-refractivity contribution in [2.45, 2.75) is 95.6 Å². The highest BCUT2D eigenvalue weighted by molar-refractivity contribution is 7.52. The predicted octanol–water partition coefficient (Wildman–Crippen LogP) is 2.34. The van der Waals surface area contributed by atoms with Crippen molar-refractivity contribution < 1.29 is 51.7 Å². The molecule has 2 unspecified atom stereocenters. The molecule has 20 heteroatoms. The summed E-state index contributed by atoms with van der Waals surface area (Å²) in [6, 6.07) is 9.53. The topological polar surface area (TPSA) is 277 Å². The van der Waals surface area contributed by atoms with Gasteiger partial charge in [-0.2, -0.15) is 15.4 Å². The molecule has 0 radical (unpaired) electrons. The molecule has 304 valence electrons. The van der Waals surface area contributed by atoms with E-state index >= 15 is 0 Å². The summed E-state index contributed by atoms with van der Waals surface area (Å²) >= 11 is 0. The van der Waals surface area contributed by atoms with Crippen LogP contribution in [0.3, 0.4) is 0 Å². The summed E-state index contributed by atoms with van der Waals surface area (Å²) in [5, 5.41) is 17.8. The third-order valence-electron chi connectivity index (χ3n) is 9.44. The Morgan fingerprint density at radius 3 is 2.25 bits per heavy atom. The fraction of sp³-hybridized carbons (Fsp3) is 0.556. The van der Waals surface area contributed by atoms with Crippen molar-refractivity contribution in [3.05, 3.63) is 54.5 Å². The van der Waals surface area contributed by atoms with Crippen LogP contribution in [0, 0.1) is 23.2 Å². The second-order valence-electron chi connectivity index (χ2n) is 14.3. The number of hydrogen-bond acceptors (Lipinski definition) is 17. The van der Waals surface area contributed by atoms with Crippen LogP contribution in [0.2, 0.25) is 0 Å². The van der Waals surface area contributed by atoms with Gasteiger partial charge in [-0.3, -0.25) is 18.9 Å². The number of aromatic nitrogens is 3. The first-order valence-corrected chi connectivity index (χ1v) is 19.8. The molecule has 0 bridgehead atoms. The lowest BCUT2D eigenvalue weighted by Gasteiger charge is -2.32. The number of nitrogens with zero attached hydrogens (tertiary/aromatic N) is 4. The predicted molar refractivity (Wildman–Crippen MR) is 198 cm³/mol. The lowest BCUT2D eigenvalue weighted by Crippen LogP contribution is -2.53. The van der Waals surface area contributed by atoms with E-state index in [0.717, 1.165) is 0 Å². The molecule has 0 spiro atoms. The van der Waals surface area contributed by atoms with Crippen LogP contribution < -0.4 is 26.8 Å². The summed E-state index contributed by atoms with van der Waals surface area (Å²) in [7, 11) is -4.65. The van der Waals surface area contributed by atoms with Gasteiger partial charge >= 0.3 is 25.7 Å². The maximum absolute atomic E-state index is 14.7. The van der Waals surface area contributed by atoms with E-state index < -0.39 is 86.3 Å². The van der Waals surface area contributed by atoms with Crippen LogP contribution in [0.1, 0.15) is 59.3 Å². The van der Waals surface area contributed by atoms with E-state index in [-0.39, 0.29) is 23.2 Å². The van der Waals surface area contributed by atoms with E-state index in [1.165, 1.54) is 29.9 Å². The second kappa shape index (κ2) is 18.1. The van der Waals surface area contributed by atoms with E-state index in [0.29, 0.717) is 31.6 Å². The van der Waals surface area contributed by atoms with Crippen LogP contribution in [0.25, 0.3) is 5.52 Å². The maximum atomic E-state index is 14.7. The molecule has 56 heavy (non-hydrogen) atoms. The summed E-state index contributed by atoms with van der Waals surface area (Å²) in [5.41, 5.74) is 16.7. The van der Waals surface area contributed by atoms with Gasteiger partial charge in [-0.05, 0) is 43.0 Å². The molecule has 3 aromatic rings. The van der Waals surface area contributed by atoms with Gasteiger partial charge in [0.1, 0.15) is 60.6 Å². The van der Waals surface area contributed by atoms with Gasteiger partial charge in [0.15, 0.2) is 18.0 Å². The van der Waals surface area contributed by atoms with E-state index in [9.17, 15) is 24.2 Å². The first-order valence-electron chi connectivity index (χ1n) is 18.2. The molecule has 2 aromatic heterocycles. The number of anilines is 1. The van der Waals surface area contributed by atoms with Crippen molar-refractivity contribution in [1.29, 1.82) is 5.26 Å². The highest BCUT2D eigenvalue weighted by Gasteiger charge is 2.62.